The average molecular weight is 515 g/mol. The summed E-state index contributed by atoms with van der Waals surface area (Å²) < 4.78 is 12.8. The van der Waals surface area contributed by atoms with E-state index in [2.05, 4.69) is 73.8 Å². The third kappa shape index (κ3) is 5.32. The van der Waals surface area contributed by atoms with Crippen molar-refractivity contribution in [3.63, 3.8) is 0 Å². The average Bonchev–Trinajstić information content (AvgIpc) is 3.31. The van der Waals surface area contributed by atoms with Gasteiger partial charge in [0.2, 0.25) is 0 Å². The largest absolute Gasteiger partial charge is 0.493 e. The Kier molecular flexibility index (Phi) is 7.12. The van der Waals surface area contributed by atoms with E-state index in [9.17, 15) is 0 Å². The fraction of sp³-hybridized carbons (Fsp3) is 0.167. The number of benzene rings is 4. The number of hydrogen-bond acceptors (Lipinski definition) is 5. The standard InChI is InChI=1S/C30H27ClN2O2S/c1-19-8-13-26-28(14-19)36-30(33-26)22-9-11-24(12-10-22)32-17-21-15-25(31)29(27(16-21)34-3)35-18-23-7-5-4-6-20(23)2/h4-16,32H,17-18H2,1-3H3. The molecule has 0 radical (unpaired) electrons. The molecule has 5 aromatic rings. The summed E-state index contributed by atoms with van der Waals surface area (Å²) in [5, 5.41) is 5.02. The van der Waals surface area contributed by atoms with Gasteiger partial charge in [0.15, 0.2) is 11.5 Å². The van der Waals surface area contributed by atoms with E-state index >= 15 is 0 Å². The number of fused-ring (bicyclic) bond motifs is 1. The van der Waals surface area contributed by atoms with Crippen LogP contribution >= 0.6 is 22.9 Å². The maximum atomic E-state index is 6.59. The molecular weight excluding hydrogens is 488 g/mol. The van der Waals surface area contributed by atoms with Crippen LogP contribution in [0.4, 0.5) is 5.69 Å². The van der Waals surface area contributed by atoms with Gasteiger partial charge in [-0.2, -0.15) is 0 Å². The minimum absolute atomic E-state index is 0.432. The molecule has 5 rings (SSSR count). The Balaban J connectivity index is 1.26. The van der Waals surface area contributed by atoms with E-state index in [4.69, 9.17) is 26.1 Å². The van der Waals surface area contributed by atoms with Gasteiger partial charge in [0.05, 0.1) is 22.3 Å². The number of rotatable bonds is 8. The zero-order chi connectivity index (χ0) is 25.1. The highest BCUT2D eigenvalue weighted by atomic mass is 35.5. The number of anilines is 1. The van der Waals surface area contributed by atoms with Crippen LogP contribution in [0.5, 0.6) is 11.5 Å². The van der Waals surface area contributed by atoms with Gasteiger partial charge in [-0.25, -0.2) is 4.98 Å². The molecule has 4 aromatic carbocycles. The lowest BCUT2D eigenvalue weighted by atomic mass is 10.1. The highest BCUT2D eigenvalue weighted by Gasteiger charge is 2.13. The molecule has 1 N–H and O–H groups in total. The van der Waals surface area contributed by atoms with E-state index in [0.717, 1.165) is 32.9 Å². The lowest BCUT2D eigenvalue weighted by molar-refractivity contribution is 0.284. The van der Waals surface area contributed by atoms with Crippen LogP contribution in [0.3, 0.4) is 0 Å². The van der Waals surface area contributed by atoms with Crippen LogP contribution in [0.1, 0.15) is 22.3 Å². The van der Waals surface area contributed by atoms with Gasteiger partial charge in [-0.15, -0.1) is 11.3 Å². The Labute approximate surface area is 220 Å². The quantitative estimate of drug-likeness (QED) is 0.225. The Bertz CT molecular complexity index is 1510. The summed E-state index contributed by atoms with van der Waals surface area (Å²) in [5.74, 6) is 1.18. The van der Waals surface area contributed by atoms with Gasteiger partial charge >= 0.3 is 0 Å². The van der Waals surface area contributed by atoms with Crippen molar-refractivity contribution in [2.75, 3.05) is 12.4 Å². The first kappa shape index (κ1) is 24.2. The molecule has 0 bridgehead atoms. The highest BCUT2D eigenvalue weighted by molar-refractivity contribution is 7.21. The number of halogens is 1. The molecule has 0 saturated heterocycles. The van der Waals surface area contributed by atoms with Gasteiger partial charge < -0.3 is 14.8 Å². The molecule has 0 atom stereocenters. The van der Waals surface area contributed by atoms with Crippen LogP contribution in [-0.4, -0.2) is 12.1 Å². The monoisotopic (exact) mass is 514 g/mol. The topological polar surface area (TPSA) is 43.4 Å². The number of methoxy groups -OCH3 is 1. The number of ether oxygens (including phenoxy) is 2. The number of thiazole rings is 1. The lowest BCUT2D eigenvalue weighted by Crippen LogP contribution is -2.03. The maximum absolute atomic E-state index is 6.59. The second-order valence-electron chi connectivity index (χ2n) is 8.75. The summed E-state index contributed by atoms with van der Waals surface area (Å²) in [4.78, 5) is 4.78. The summed E-state index contributed by atoms with van der Waals surface area (Å²) in [5.41, 5.74) is 7.72. The minimum Gasteiger partial charge on any atom is -0.493 e. The van der Waals surface area contributed by atoms with Crippen LogP contribution in [-0.2, 0) is 13.2 Å². The Hall–Kier alpha value is -3.54. The molecule has 1 aromatic heterocycles. The number of nitrogens with one attached hydrogen (secondary N) is 1. The normalized spacial score (nSPS) is 11.0. The minimum atomic E-state index is 0.432. The molecule has 6 heteroatoms. The van der Waals surface area contributed by atoms with E-state index in [1.807, 2.05) is 24.3 Å². The Morgan fingerprint density at radius 2 is 1.75 bits per heavy atom. The Morgan fingerprint density at radius 1 is 0.944 bits per heavy atom. The maximum Gasteiger partial charge on any atom is 0.180 e. The van der Waals surface area contributed by atoms with Gasteiger partial charge in [0.1, 0.15) is 11.6 Å². The van der Waals surface area contributed by atoms with Crippen molar-refractivity contribution in [2.45, 2.75) is 27.0 Å². The first-order chi connectivity index (χ1) is 17.5. The smallest absolute Gasteiger partial charge is 0.180 e. The molecule has 0 spiro atoms. The van der Waals surface area contributed by atoms with Crippen molar-refractivity contribution >= 4 is 38.8 Å². The van der Waals surface area contributed by atoms with Crippen molar-refractivity contribution in [1.29, 1.82) is 0 Å². The van der Waals surface area contributed by atoms with Crippen LogP contribution in [0.25, 0.3) is 20.8 Å². The van der Waals surface area contributed by atoms with E-state index in [1.165, 1.54) is 15.8 Å². The number of hydrogen-bond donors (Lipinski definition) is 1. The second-order valence-corrected chi connectivity index (χ2v) is 10.2. The summed E-state index contributed by atoms with van der Waals surface area (Å²) >= 11 is 8.31. The van der Waals surface area contributed by atoms with Crippen molar-refractivity contribution < 1.29 is 9.47 Å². The number of aryl methyl sites for hydroxylation is 2. The molecule has 0 fully saturated rings. The molecule has 0 unspecified atom stereocenters. The molecule has 0 aliphatic rings. The van der Waals surface area contributed by atoms with Crippen molar-refractivity contribution in [3.05, 3.63) is 106 Å². The summed E-state index contributed by atoms with van der Waals surface area (Å²) in [6, 6.07) is 26.7. The van der Waals surface area contributed by atoms with Crippen LogP contribution in [0.15, 0.2) is 78.9 Å². The lowest BCUT2D eigenvalue weighted by Gasteiger charge is -2.15. The summed E-state index contributed by atoms with van der Waals surface area (Å²) in [7, 11) is 1.63. The molecular formula is C30H27ClN2O2S. The van der Waals surface area contributed by atoms with Gasteiger partial charge in [-0.1, -0.05) is 41.9 Å². The van der Waals surface area contributed by atoms with E-state index in [0.29, 0.717) is 29.7 Å². The zero-order valence-electron chi connectivity index (χ0n) is 20.5. The van der Waals surface area contributed by atoms with Crippen molar-refractivity contribution in [3.8, 4) is 22.1 Å². The number of aromatic nitrogens is 1. The van der Waals surface area contributed by atoms with Gasteiger partial charge in [0, 0.05) is 17.8 Å². The first-order valence-electron chi connectivity index (χ1n) is 11.8. The van der Waals surface area contributed by atoms with Crippen molar-refractivity contribution in [2.24, 2.45) is 0 Å². The van der Waals surface area contributed by atoms with Gasteiger partial charge in [0.25, 0.3) is 0 Å². The molecule has 36 heavy (non-hydrogen) atoms. The van der Waals surface area contributed by atoms with E-state index < -0.39 is 0 Å². The Morgan fingerprint density at radius 3 is 2.53 bits per heavy atom. The summed E-state index contributed by atoms with van der Waals surface area (Å²) in [6.07, 6.45) is 0. The molecule has 0 aliphatic carbocycles. The second kappa shape index (κ2) is 10.6. The molecule has 4 nitrogen and oxygen atoms in total. The molecule has 1 heterocycles. The van der Waals surface area contributed by atoms with E-state index in [1.54, 1.807) is 18.4 Å². The van der Waals surface area contributed by atoms with Gasteiger partial charge in [-0.3, -0.25) is 0 Å². The van der Waals surface area contributed by atoms with Crippen LogP contribution < -0.4 is 14.8 Å². The van der Waals surface area contributed by atoms with E-state index in [-0.39, 0.29) is 0 Å². The third-order valence-corrected chi connectivity index (χ3v) is 7.44. The summed E-state index contributed by atoms with van der Waals surface area (Å²) in [6.45, 7) is 5.21. The molecule has 0 saturated carbocycles. The third-order valence-electron chi connectivity index (χ3n) is 6.09. The van der Waals surface area contributed by atoms with Gasteiger partial charge in [-0.05, 0) is 84.6 Å². The molecule has 0 amide bonds. The first-order valence-corrected chi connectivity index (χ1v) is 12.9. The highest BCUT2D eigenvalue weighted by Crippen LogP contribution is 2.37. The fourth-order valence-corrected chi connectivity index (χ4v) is 5.38. The number of nitrogens with zero attached hydrogens (tertiary/aromatic N) is 1. The zero-order valence-corrected chi connectivity index (χ0v) is 22.0. The SMILES string of the molecule is COc1cc(CNc2ccc(-c3nc4ccc(C)cc4s3)cc2)cc(Cl)c1OCc1ccccc1C. The molecule has 182 valence electrons. The predicted octanol–water partition coefficient (Wildman–Crippen LogP) is 8.43. The van der Waals surface area contributed by atoms with Crippen molar-refractivity contribution in [1.82, 2.24) is 4.98 Å². The fourth-order valence-electron chi connectivity index (χ4n) is 4.03. The van der Waals surface area contributed by atoms with Crippen LogP contribution in [0.2, 0.25) is 5.02 Å². The predicted molar refractivity (Wildman–Crippen MR) is 151 cm³/mol. The molecule has 0 aliphatic heterocycles. The van der Waals surface area contributed by atoms with Crippen LogP contribution in [0, 0.1) is 13.8 Å².